The number of rotatable bonds is 5. The molecule has 0 heterocycles. The molecule has 2 heteroatoms. The first kappa shape index (κ1) is 11.6. The zero-order chi connectivity index (χ0) is 11.6. The Balaban J connectivity index is 2.16. The molecule has 0 aromatic heterocycles. The highest BCUT2D eigenvalue weighted by molar-refractivity contribution is 5.38. The summed E-state index contributed by atoms with van der Waals surface area (Å²) in [6, 6.07) is 8.50. The molecule has 2 N–H and O–H groups in total. The number of hydrogen-bond donors (Lipinski definition) is 1. The van der Waals surface area contributed by atoms with E-state index in [9.17, 15) is 0 Å². The van der Waals surface area contributed by atoms with Gasteiger partial charge in [0, 0.05) is 12.0 Å². The van der Waals surface area contributed by atoms with Crippen molar-refractivity contribution in [2.24, 2.45) is 5.73 Å². The molecule has 0 aliphatic heterocycles. The van der Waals surface area contributed by atoms with Crippen LogP contribution in [0.4, 0.5) is 0 Å². The van der Waals surface area contributed by atoms with Gasteiger partial charge in [-0.25, -0.2) is 0 Å². The molecular weight excluding hydrogens is 198 g/mol. The third-order valence-electron chi connectivity index (χ3n) is 3.36. The summed E-state index contributed by atoms with van der Waals surface area (Å²) in [6.45, 7) is 5.64. The monoisotopic (exact) mass is 219 g/mol. The van der Waals surface area contributed by atoms with E-state index in [4.69, 9.17) is 10.5 Å². The quantitative estimate of drug-likeness (QED) is 0.826. The molecule has 2 nitrogen and oxygen atoms in total. The molecule has 0 saturated heterocycles. The van der Waals surface area contributed by atoms with E-state index in [1.165, 1.54) is 24.0 Å². The van der Waals surface area contributed by atoms with Gasteiger partial charge in [0.25, 0.3) is 0 Å². The lowest BCUT2D eigenvalue weighted by molar-refractivity contribution is 0.0618. The first-order chi connectivity index (χ1) is 7.68. The average Bonchev–Trinajstić information content (AvgIpc) is 3.07. The SMILES string of the molecule is CC(C)OCC1(c2ccccc2CN)CC1. The van der Waals surface area contributed by atoms with Crippen LogP contribution in [-0.2, 0) is 16.7 Å². The van der Waals surface area contributed by atoms with Crippen LogP contribution in [0.2, 0.25) is 0 Å². The molecule has 0 unspecified atom stereocenters. The van der Waals surface area contributed by atoms with E-state index < -0.39 is 0 Å². The van der Waals surface area contributed by atoms with E-state index in [-0.39, 0.29) is 5.41 Å². The molecule has 1 saturated carbocycles. The van der Waals surface area contributed by atoms with Crippen molar-refractivity contribution in [3.63, 3.8) is 0 Å². The van der Waals surface area contributed by atoms with Crippen molar-refractivity contribution in [2.45, 2.75) is 44.8 Å². The second-order valence-corrected chi connectivity index (χ2v) is 5.00. The summed E-state index contributed by atoms with van der Waals surface area (Å²) in [5, 5.41) is 0. The fourth-order valence-corrected chi connectivity index (χ4v) is 2.18. The Kier molecular flexibility index (Phi) is 3.31. The molecule has 0 radical (unpaired) electrons. The second kappa shape index (κ2) is 4.56. The van der Waals surface area contributed by atoms with Crippen LogP contribution in [0.1, 0.15) is 37.8 Å². The zero-order valence-corrected chi connectivity index (χ0v) is 10.2. The lowest BCUT2D eigenvalue weighted by Gasteiger charge is -2.20. The minimum Gasteiger partial charge on any atom is -0.378 e. The van der Waals surface area contributed by atoms with Crippen molar-refractivity contribution in [3.8, 4) is 0 Å². The third-order valence-corrected chi connectivity index (χ3v) is 3.36. The van der Waals surface area contributed by atoms with Crippen LogP contribution in [0, 0.1) is 0 Å². The summed E-state index contributed by atoms with van der Waals surface area (Å²) in [5.41, 5.74) is 8.73. The summed E-state index contributed by atoms with van der Waals surface area (Å²) in [6.07, 6.45) is 2.77. The fraction of sp³-hybridized carbons (Fsp3) is 0.571. The Bertz CT molecular complexity index is 356. The van der Waals surface area contributed by atoms with E-state index in [1.54, 1.807) is 0 Å². The fourth-order valence-electron chi connectivity index (χ4n) is 2.18. The van der Waals surface area contributed by atoms with E-state index in [0.717, 1.165) is 6.61 Å². The first-order valence-corrected chi connectivity index (χ1v) is 6.08. The highest BCUT2D eigenvalue weighted by Gasteiger charge is 2.45. The zero-order valence-electron chi connectivity index (χ0n) is 10.2. The van der Waals surface area contributed by atoms with Gasteiger partial charge < -0.3 is 10.5 Å². The van der Waals surface area contributed by atoms with Gasteiger partial charge in [0.1, 0.15) is 0 Å². The van der Waals surface area contributed by atoms with Gasteiger partial charge in [-0.2, -0.15) is 0 Å². The molecule has 1 aromatic rings. The minimum absolute atomic E-state index is 0.264. The van der Waals surface area contributed by atoms with Gasteiger partial charge in [0.15, 0.2) is 0 Å². The minimum atomic E-state index is 0.264. The topological polar surface area (TPSA) is 35.2 Å². The van der Waals surface area contributed by atoms with Crippen LogP contribution < -0.4 is 5.73 Å². The predicted octanol–water partition coefficient (Wildman–Crippen LogP) is 2.60. The maximum Gasteiger partial charge on any atom is 0.0566 e. The maximum atomic E-state index is 5.79. The van der Waals surface area contributed by atoms with Gasteiger partial charge >= 0.3 is 0 Å². The van der Waals surface area contributed by atoms with Crippen molar-refractivity contribution >= 4 is 0 Å². The Morgan fingerprint density at radius 1 is 1.31 bits per heavy atom. The van der Waals surface area contributed by atoms with Crippen molar-refractivity contribution in [1.29, 1.82) is 0 Å². The van der Waals surface area contributed by atoms with Crippen LogP contribution in [0.3, 0.4) is 0 Å². The van der Waals surface area contributed by atoms with Crippen LogP contribution in [-0.4, -0.2) is 12.7 Å². The molecule has 1 aliphatic rings. The summed E-state index contributed by atoms with van der Waals surface area (Å²) in [5.74, 6) is 0. The molecule has 0 bridgehead atoms. The molecule has 16 heavy (non-hydrogen) atoms. The molecule has 1 aliphatic carbocycles. The smallest absolute Gasteiger partial charge is 0.0566 e. The van der Waals surface area contributed by atoms with Crippen LogP contribution in [0.25, 0.3) is 0 Å². The predicted molar refractivity (Wildman–Crippen MR) is 66.3 cm³/mol. The molecule has 88 valence electrons. The lowest BCUT2D eigenvalue weighted by atomic mass is 9.92. The van der Waals surface area contributed by atoms with Crippen LogP contribution in [0.5, 0.6) is 0 Å². The van der Waals surface area contributed by atoms with E-state index >= 15 is 0 Å². The average molecular weight is 219 g/mol. The first-order valence-electron chi connectivity index (χ1n) is 6.08. The Morgan fingerprint density at radius 2 is 2.00 bits per heavy atom. The second-order valence-electron chi connectivity index (χ2n) is 5.00. The number of hydrogen-bond acceptors (Lipinski definition) is 2. The highest BCUT2D eigenvalue weighted by Crippen LogP contribution is 2.49. The number of benzene rings is 1. The number of nitrogens with two attached hydrogens (primary N) is 1. The summed E-state index contributed by atoms with van der Waals surface area (Å²) >= 11 is 0. The molecule has 0 spiro atoms. The van der Waals surface area contributed by atoms with Crippen molar-refractivity contribution < 1.29 is 4.74 Å². The lowest BCUT2D eigenvalue weighted by Crippen LogP contribution is -2.20. The molecule has 0 amide bonds. The molecule has 0 atom stereocenters. The van der Waals surface area contributed by atoms with Crippen molar-refractivity contribution in [1.82, 2.24) is 0 Å². The summed E-state index contributed by atoms with van der Waals surface area (Å²) in [7, 11) is 0. The Labute approximate surface area is 97.8 Å². The third kappa shape index (κ3) is 2.28. The summed E-state index contributed by atoms with van der Waals surface area (Å²) in [4.78, 5) is 0. The van der Waals surface area contributed by atoms with Gasteiger partial charge in [-0.15, -0.1) is 0 Å². The largest absolute Gasteiger partial charge is 0.378 e. The highest BCUT2D eigenvalue weighted by atomic mass is 16.5. The van der Waals surface area contributed by atoms with E-state index in [1.807, 2.05) is 0 Å². The molecule has 2 rings (SSSR count). The van der Waals surface area contributed by atoms with Crippen LogP contribution in [0.15, 0.2) is 24.3 Å². The number of ether oxygens (including phenoxy) is 1. The van der Waals surface area contributed by atoms with Gasteiger partial charge in [0.05, 0.1) is 12.7 Å². The normalized spacial score (nSPS) is 17.8. The van der Waals surface area contributed by atoms with Gasteiger partial charge in [-0.3, -0.25) is 0 Å². The van der Waals surface area contributed by atoms with E-state index in [0.29, 0.717) is 12.6 Å². The Morgan fingerprint density at radius 3 is 2.56 bits per heavy atom. The molecule has 1 aromatic carbocycles. The van der Waals surface area contributed by atoms with E-state index in [2.05, 4.69) is 38.1 Å². The Hall–Kier alpha value is -0.860. The van der Waals surface area contributed by atoms with Crippen molar-refractivity contribution in [3.05, 3.63) is 35.4 Å². The van der Waals surface area contributed by atoms with Crippen LogP contribution >= 0.6 is 0 Å². The van der Waals surface area contributed by atoms with Gasteiger partial charge in [-0.1, -0.05) is 24.3 Å². The summed E-state index contributed by atoms with van der Waals surface area (Å²) < 4.78 is 5.78. The molecular formula is C14H21NO. The standard InChI is InChI=1S/C14H21NO/c1-11(2)16-10-14(7-8-14)13-6-4-3-5-12(13)9-15/h3-6,11H,7-10,15H2,1-2H3. The van der Waals surface area contributed by atoms with Gasteiger partial charge in [0.2, 0.25) is 0 Å². The van der Waals surface area contributed by atoms with Gasteiger partial charge in [-0.05, 0) is 37.8 Å². The maximum absolute atomic E-state index is 5.79. The van der Waals surface area contributed by atoms with Crippen molar-refractivity contribution in [2.75, 3.05) is 6.61 Å². The molecule has 1 fully saturated rings.